The van der Waals surface area contributed by atoms with Gasteiger partial charge in [0.05, 0.1) is 0 Å². The maximum Gasteiger partial charge on any atom is 0.303 e. The maximum absolute atomic E-state index is 10.3. The molecule has 0 spiro atoms. The van der Waals surface area contributed by atoms with Gasteiger partial charge in [0.1, 0.15) is 0 Å². The van der Waals surface area contributed by atoms with Crippen LogP contribution in [0.25, 0.3) is 0 Å². The molecule has 0 fully saturated rings. The Kier molecular flexibility index (Phi) is 14.8. The summed E-state index contributed by atoms with van der Waals surface area (Å²) in [6.45, 7) is 3.64. The summed E-state index contributed by atoms with van der Waals surface area (Å²) < 4.78 is 0. The number of aliphatic carboxylic acids is 1. The minimum absolute atomic E-state index is 0.274. The molecule has 0 aliphatic carbocycles. The Balaban J connectivity index is 3.41. The first-order valence-electron chi connectivity index (χ1n) is 7.75. The smallest absolute Gasteiger partial charge is 0.303 e. The van der Waals surface area contributed by atoms with Gasteiger partial charge in [0.25, 0.3) is 0 Å². The van der Waals surface area contributed by atoms with Crippen LogP contribution in [-0.4, -0.2) is 11.1 Å². The van der Waals surface area contributed by atoms with Crippen LogP contribution >= 0.6 is 0 Å². The van der Waals surface area contributed by atoms with Crippen LogP contribution in [0.4, 0.5) is 0 Å². The number of hydrogen-bond donors (Lipinski definition) is 1. The van der Waals surface area contributed by atoms with E-state index in [1.54, 1.807) is 0 Å². The van der Waals surface area contributed by atoms with Crippen LogP contribution < -0.4 is 0 Å². The van der Waals surface area contributed by atoms with Crippen LogP contribution in [0.2, 0.25) is 0 Å². The molecule has 1 N–H and O–H groups in total. The number of unbranched alkanes of at least 4 members (excludes halogenated alkanes) is 5. The van der Waals surface area contributed by atoms with E-state index in [1.807, 2.05) is 30.4 Å². The van der Waals surface area contributed by atoms with E-state index in [0.717, 1.165) is 32.1 Å². The molecular formula is C19H28O2. The number of hydrogen-bond acceptors (Lipinski definition) is 1. The Hall–Kier alpha value is -1.83. The Morgan fingerprint density at radius 1 is 0.762 bits per heavy atom. The van der Waals surface area contributed by atoms with Gasteiger partial charge in [-0.3, -0.25) is 4.79 Å². The van der Waals surface area contributed by atoms with Gasteiger partial charge in [-0.25, -0.2) is 0 Å². The van der Waals surface area contributed by atoms with Gasteiger partial charge in [-0.1, -0.05) is 61.3 Å². The molecule has 0 aromatic rings. The topological polar surface area (TPSA) is 37.3 Å². The van der Waals surface area contributed by atoms with Crippen LogP contribution in [0.5, 0.6) is 0 Å². The van der Waals surface area contributed by atoms with Crippen LogP contribution in [0.15, 0.2) is 61.3 Å². The second-order valence-corrected chi connectivity index (χ2v) is 4.83. The number of carboxylic acid groups (broad SMARTS) is 1. The molecule has 0 rings (SSSR count). The molecule has 0 saturated heterocycles. The summed E-state index contributed by atoms with van der Waals surface area (Å²) in [7, 11) is 0. The molecule has 0 heterocycles. The van der Waals surface area contributed by atoms with Gasteiger partial charge >= 0.3 is 5.97 Å². The zero-order valence-electron chi connectivity index (χ0n) is 12.9. The fraction of sp³-hybridized carbons (Fsp3) is 0.421. The quantitative estimate of drug-likeness (QED) is 0.353. The third-order valence-corrected chi connectivity index (χ3v) is 2.88. The highest BCUT2D eigenvalue weighted by Gasteiger charge is 1.93. The fourth-order valence-corrected chi connectivity index (χ4v) is 1.73. The first-order chi connectivity index (χ1) is 10.3. The normalized spacial score (nSPS) is 12.2. The van der Waals surface area contributed by atoms with Gasteiger partial charge in [-0.15, -0.1) is 0 Å². The Bertz CT molecular complexity index is 373. The molecule has 0 aromatic carbocycles. The van der Waals surface area contributed by atoms with Crippen molar-refractivity contribution in [2.75, 3.05) is 0 Å². The lowest BCUT2D eigenvalue weighted by molar-refractivity contribution is -0.137. The van der Waals surface area contributed by atoms with E-state index in [2.05, 4.69) is 30.9 Å². The summed E-state index contributed by atoms with van der Waals surface area (Å²) in [5.74, 6) is -0.708. The fourth-order valence-electron chi connectivity index (χ4n) is 1.73. The van der Waals surface area contributed by atoms with Crippen LogP contribution in [-0.2, 0) is 4.79 Å². The summed E-state index contributed by atoms with van der Waals surface area (Å²) in [6.07, 6.45) is 25.9. The van der Waals surface area contributed by atoms with Gasteiger partial charge in [-0.05, 0) is 44.9 Å². The molecule has 0 aliphatic heterocycles. The van der Waals surface area contributed by atoms with E-state index in [1.165, 1.54) is 12.8 Å². The first-order valence-corrected chi connectivity index (χ1v) is 7.75. The standard InChI is InChI=1S/C19H28O2/c1-2-3-4-5-6-7-8-9-10-11-12-13-14-15-16-17-18-19(20)21/h2-4,9-14H,1,5-8,15-18H2,(H,20,21)/b4-3+,10-9+,12-11+,14-13+. The Morgan fingerprint density at radius 2 is 1.24 bits per heavy atom. The molecule has 0 atom stereocenters. The molecule has 116 valence electrons. The summed E-state index contributed by atoms with van der Waals surface area (Å²) >= 11 is 0. The van der Waals surface area contributed by atoms with Gasteiger partial charge in [0.15, 0.2) is 0 Å². The number of carbonyl (C=O) groups is 1. The minimum Gasteiger partial charge on any atom is -0.481 e. The van der Waals surface area contributed by atoms with E-state index in [-0.39, 0.29) is 6.42 Å². The van der Waals surface area contributed by atoms with Crippen molar-refractivity contribution < 1.29 is 9.90 Å². The van der Waals surface area contributed by atoms with Crippen molar-refractivity contribution in [3.8, 4) is 0 Å². The summed E-state index contributed by atoms with van der Waals surface area (Å²) in [4.78, 5) is 10.3. The van der Waals surface area contributed by atoms with Crippen molar-refractivity contribution in [1.29, 1.82) is 0 Å². The Morgan fingerprint density at radius 3 is 1.71 bits per heavy atom. The second kappa shape index (κ2) is 16.2. The summed E-state index contributed by atoms with van der Waals surface area (Å²) in [5.41, 5.74) is 0. The SMILES string of the molecule is C=C/C=C/CCCC/C=C/C=C/C=C/CCCCC(=O)O. The van der Waals surface area contributed by atoms with Crippen molar-refractivity contribution in [2.24, 2.45) is 0 Å². The van der Waals surface area contributed by atoms with Crippen LogP contribution in [0, 0.1) is 0 Å². The molecule has 0 aliphatic rings. The first kappa shape index (κ1) is 19.2. The number of rotatable bonds is 13. The summed E-state index contributed by atoms with van der Waals surface area (Å²) in [5, 5.41) is 8.48. The highest BCUT2D eigenvalue weighted by atomic mass is 16.4. The average Bonchev–Trinajstić information content (AvgIpc) is 2.46. The largest absolute Gasteiger partial charge is 0.481 e. The molecule has 2 nitrogen and oxygen atoms in total. The predicted octanol–water partition coefficient (Wildman–Crippen LogP) is 5.60. The monoisotopic (exact) mass is 288 g/mol. The average molecular weight is 288 g/mol. The molecule has 0 aromatic heterocycles. The molecule has 21 heavy (non-hydrogen) atoms. The predicted molar refractivity (Wildman–Crippen MR) is 91.3 cm³/mol. The van der Waals surface area contributed by atoms with Crippen molar-refractivity contribution in [3.05, 3.63) is 61.3 Å². The van der Waals surface area contributed by atoms with E-state index >= 15 is 0 Å². The van der Waals surface area contributed by atoms with Crippen molar-refractivity contribution >= 4 is 5.97 Å². The number of allylic oxidation sites excluding steroid dienone is 9. The molecule has 0 bridgehead atoms. The maximum atomic E-state index is 10.3. The van der Waals surface area contributed by atoms with E-state index < -0.39 is 5.97 Å². The third kappa shape index (κ3) is 18.2. The molecular weight excluding hydrogens is 260 g/mol. The van der Waals surface area contributed by atoms with Gasteiger partial charge < -0.3 is 5.11 Å². The van der Waals surface area contributed by atoms with Crippen molar-refractivity contribution in [3.63, 3.8) is 0 Å². The molecule has 0 amide bonds. The Labute approximate surface area is 129 Å². The molecule has 0 saturated carbocycles. The lowest BCUT2D eigenvalue weighted by Gasteiger charge is -1.92. The minimum atomic E-state index is -0.708. The zero-order chi connectivity index (χ0) is 15.6. The van der Waals surface area contributed by atoms with Crippen LogP contribution in [0.3, 0.4) is 0 Å². The van der Waals surface area contributed by atoms with Gasteiger partial charge in [0.2, 0.25) is 0 Å². The highest BCUT2D eigenvalue weighted by Crippen LogP contribution is 2.02. The molecule has 0 radical (unpaired) electrons. The molecule has 2 heteroatoms. The lowest BCUT2D eigenvalue weighted by Crippen LogP contribution is -1.92. The zero-order valence-corrected chi connectivity index (χ0v) is 12.9. The highest BCUT2D eigenvalue weighted by molar-refractivity contribution is 5.66. The van der Waals surface area contributed by atoms with Crippen molar-refractivity contribution in [1.82, 2.24) is 0 Å². The van der Waals surface area contributed by atoms with Gasteiger partial charge in [-0.2, -0.15) is 0 Å². The van der Waals surface area contributed by atoms with Crippen LogP contribution in [0.1, 0.15) is 51.4 Å². The van der Waals surface area contributed by atoms with Crippen molar-refractivity contribution in [2.45, 2.75) is 51.4 Å². The molecule has 0 unspecified atom stereocenters. The lowest BCUT2D eigenvalue weighted by atomic mass is 10.1. The van der Waals surface area contributed by atoms with E-state index in [9.17, 15) is 4.79 Å². The van der Waals surface area contributed by atoms with E-state index in [0.29, 0.717) is 0 Å². The van der Waals surface area contributed by atoms with Gasteiger partial charge in [0, 0.05) is 6.42 Å². The van der Waals surface area contributed by atoms with E-state index in [4.69, 9.17) is 5.11 Å². The third-order valence-electron chi connectivity index (χ3n) is 2.88. The summed E-state index contributed by atoms with van der Waals surface area (Å²) in [6, 6.07) is 0. The number of carboxylic acids is 1. The second-order valence-electron chi connectivity index (χ2n) is 4.83.